The van der Waals surface area contributed by atoms with Crippen LogP contribution in [0.1, 0.15) is 23.4 Å². The second-order valence-corrected chi connectivity index (χ2v) is 6.22. The molecule has 23 heavy (non-hydrogen) atoms. The summed E-state index contributed by atoms with van der Waals surface area (Å²) in [5, 5.41) is 5.30. The van der Waals surface area contributed by atoms with Crippen molar-refractivity contribution in [3.8, 4) is 0 Å². The zero-order chi connectivity index (χ0) is 16.7. The molecular formula is C17H16ClNO3S. The fraction of sp³-hybridized carbons (Fsp3) is 0.176. The van der Waals surface area contributed by atoms with Crippen LogP contribution in [-0.2, 0) is 14.3 Å². The van der Waals surface area contributed by atoms with Crippen molar-refractivity contribution in [1.82, 2.24) is 5.32 Å². The van der Waals surface area contributed by atoms with Crippen LogP contribution in [0, 0.1) is 0 Å². The Labute approximate surface area is 143 Å². The standard InChI is InChI=1S/C17H16ClNO3S/c1-12(15-6-3-9-23-15)19-16(20)11-22-17(21)8-7-13-4-2-5-14(18)10-13/h2-10,12H,11H2,1H3,(H,19,20)/b8-7+/t12-/m0/s1. The molecule has 1 N–H and O–H groups in total. The topological polar surface area (TPSA) is 55.4 Å². The second-order valence-electron chi connectivity index (χ2n) is 4.80. The molecule has 1 aromatic carbocycles. The Hall–Kier alpha value is -2.11. The van der Waals surface area contributed by atoms with Crippen molar-refractivity contribution >= 4 is 40.9 Å². The van der Waals surface area contributed by atoms with Crippen LogP contribution in [0.2, 0.25) is 5.02 Å². The Kier molecular flexibility index (Phi) is 6.38. The number of thiophene rings is 1. The SMILES string of the molecule is C[C@H](NC(=O)COC(=O)/C=C/c1cccc(Cl)c1)c1cccs1. The molecule has 120 valence electrons. The van der Waals surface area contributed by atoms with Crippen LogP contribution in [-0.4, -0.2) is 18.5 Å². The summed E-state index contributed by atoms with van der Waals surface area (Å²) in [6.45, 7) is 1.57. The monoisotopic (exact) mass is 349 g/mol. The molecule has 0 saturated heterocycles. The predicted octanol–water partition coefficient (Wildman–Crippen LogP) is 3.84. The Morgan fingerprint density at radius 1 is 1.35 bits per heavy atom. The van der Waals surface area contributed by atoms with E-state index in [-0.39, 0.29) is 18.6 Å². The molecule has 0 aliphatic carbocycles. The van der Waals surface area contributed by atoms with E-state index in [2.05, 4.69) is 5.32 Å². The van der Waals surface area contributed by atoms with E-state index in [4.69, 9.17) is 16.3 Å². The number of carbonyl (C=O) groups is 2. The molecule has 1 heterocycles. The van der Waals surface area contributed by atoms with Gasteiger partial charge in [0, 0.05) is 16.0 Å². The minimum absolute atomic E-state index is 0.108. The van der Waals surface area contributed by atoms with Gasteiger partial charge in [0.05, 0.1) is 6.04 Å². The van der Waals surface area contributed by atoms with E-state index in [0.717, 1.165) is 10.4 Å². The Balaban J connectivity index is 1.76. The van der Waals surface area contributed by atoms with Crippen LogP contribution in [0.15, 0.2) is 47.9 Å². The van der Waals surface area contributed by atoms with Crippen LogP contribution >= 0.6 is 22.9 Å². The molecule has 1 amide bonds. The van der Waals surface area contributed by atoms with Crippen LogP contribution in [0.4, 0.5) is 0 Å². The van der Waals surface area contributed by atoms with Gasteiger partial charge in [-0.2, -0.15) is 0 Å². The van der Waals surface area contributed by atoms with E-state index >= 15 is 0 Å². The van der Waals surface area contributed by atoms with Crippen molar-refractivity contribution in [3.63, 3.8) is 0 Å². The highest BCUT2D eigenvalue weighted by Crippen LogP contribution is 2.17. The quantitative estimate of drug-likeness (QED) is 0.637. The maximum atomic E-state index is 11.7. The lowest BCUT2D eigenvalue weighted by Crippen LogP contribution is -2.30. The predicted molar refractivity (Wildman–Crippen MR) is 92.3 cm³/mol. The number of rotatable bonds is 6. The Morgan fingerprint density at radius 3 is 2.87 bits per heavy atom. The minimum atomic E-state index is -0.580. The first-order chi connectivity index (χ1) is 11.0. The third kappa shape index (κ3) is 5.88. The van der Waals surface area contributed by atoms with Crippen LogP contribution in [0.3, 0.4) is 0 Å². The molecule has 6 heteroatoms. The number of benzene rings is 1. The second kappa shape index (κ2) is 8.50. The summed E-state index contributed by atoms with van der Waals surface area (Å²) >= 11 is 7.41. The number of hydrogen-bond acceptors (Lipinski definition) is 4. The lowest BCUT2D eigenvalue weighted by molar-refractivity contribution is -0.144. The third-order valence-electron chi connectivity index (χ3n) is 2.95. The summed E-state index contributed by atoms with van der Waals surface area (Å²) in [6.07, 6.45) is 2.85. The highest BCUT2D eigenvalue weighted by molar-refractivity contribution is 7.10. The number of carbonyl (C=O) groups excluding carboxylic acids is 2. The molecule has 0 aliphatic heterocycles. The summed E-state index contributed by atoms with van der Waals surface area (Å²) in [4.78, 5) is 24.4. The summed E-state index contributed by atoms with van der Waals surface area (Å²) in [7, 11) is 0. The maximum Gasteiger partial charge on any atom is 0.331 e. The molecule has 0 aliphatic rings. The van der Waals surface area contributed by atoms with Gasteiger partial charge in [0.2, 0.25) is 0 Å². The highest BCUT2D eigenvalue weighted by atomic mass is 35.5. The lowest BCUT2D eigenvalue weighted by Gasteiger charge is -2.11. The number of hydrogen-bond donors (Lipinski definition) is 1. The largest absolute Gasteiger partial charge is 0.452 e. The van der Waals surface area contributed by atoms with Gasteiger partial charge in [0.15, 0.2) is 6.61 Å². The van der Waals surface area contributed by atoms with Crippen LogP contribution < -0.4 is 5.32 Å². The van der Waals surface area contributed by atoms with Gasteiger partial charge in [-0.15, -0.1) is 11.3 Å². The molecule has 0 fully saturated rings. The van der Waals surface area contributed by atoms with E-state index in [1.165, 1.54) is 6.08 Å². The molecule has 4 nitrogen and oxygen atoms in total. The number of esters is 1. The van der Waals surface area contributed by atoms with E-state index in [1.807, 2.05) is 30.5 Å². The fourth-order valence-electron chi connectivity index (χ4n) is 1.85. The first-order valence-corrected chi connectivity index (χ1v) is 8.23. The number of nitrogens with one attached hydrogen (secondary N) is 1. The van der Waals surface area contributed by atoms with Crippen molar-refractivity contribution < 1.29 is 14.3 Å². The third-order valence-corrected chi connectivity index (χ3v) is 4.24. The van der Waals surface area contributed by atoms with Gasteiger partial charge in [0.25, 0.3) is 5.91 Å². The molecule has 0 saturated carbocycles. The van der Waals surface area contributed by atoms with Gasteiger partial charge in [-0.05, 0) is 42.1 Å². The van der Waals surface area contributed by atoms with E-state index in [1.54, 1.807) is 35.6 Å². The van der Waals surface area contributed by atoms with Crippen molar-refractivity contribution in [1.29, 1.82) is 0 Å². The van der Waals surface area contributed by atoms with Gasteiger partial charge < -0.3 is 10.1 Å². The molecule has 1 aromatic heterocycles. The molecular weight excluding hydrogens is 334 g/mol. The van der Waals surface area contributed by atoms with Gasteiger partial charge >= 0.3 is 5.97 Å². The van der Waals surface area contributed by atoms with Gasteiger partial charge in [-0.25, -0.2) is 4.79 Å². The number of amides is 1. The Morgan fingerprint density at radius 2 is 2.17 bits per heavy atom. The zero-order valence-corrected chi connectivity index (χ0v) is 14.1. The van der Waals surface area contributed by atoms with Crippen molar-refractivity contribution in [3.05, 3.63) is 63.3 Å². The zero-order valence-electron chi connectivity index (χ0n) is 12.5. The van der Waals surface area contributed by atoms with Crippen LogP contribution in [0.5, 0.6) is 0 Å². The summed E-state index contributed by atoms with van der Waals surface area (Å²) < 4.78 is 4.91. The molecule has 2 aromatic rings. The molecule has 0 bridgehead atoms. The molecule has 1 atom stereocenters. The Bertz CT molecular complexity index is 698. The summed E-state index contributed by atoms with van der Waals surface area (Å²) in [5.41, 5.74) is 0.783. The van der Waals surface area contributed by atoms with E-state index in [9.17, 15) is 9.59 Å². The van der Waals surface area contributed by atoms with Crippen molar-refractivity contribution in [2.45, 2.75) is 13.0 Å². The first kappa shape index (κ1) is 17.2. The summed E-state index contributed by atoms with van der Waals surface area (Å²) in [5.74, 6) is -0.917. The average Bonchev–Trinajstić information content (AvgIpc) is 3.05. The minimum Gasteiger partial charge on any atom is -0.452 e. The van der Waals surface area contributed by atoms with E-state index < -0.39 is 5.97 Å². The van der Waals surface area contributed by atoms with Gasteiger partial charge in [-0.3, -0.25) is 4.79 Å². The van der Waals surface area contributed by atoms with Crippen molar-refractivity contribution in [2.24, 2.45) is 0 Å². The average molecular weight is 350 g/mol. The maximum absolute atomic E-state index is 11.7. The van der Waals surface area contributed by atoms with Gasteiger partial charge in [-0.1, -0.05) is 29.8 Å². The smallest absolute Gasteiger partial charge is 0.331 e. The lowest BCUT2D eigenvalue weighted by atomic mass is 10.2. The normalized spacial score (nSPS) is 12.1. The highest BCUT2D eigenvalue weighted by Gasteiger charge is 2.11. The van der Waals surface area contributed by atoms with Gasteiger partial charge in [0.1, 0.15) is 0 Å². The first-order valence-electron chi connectivity index (χ1n) is 6.98. The molecule has 0 radical (unpaired) electrons. The fourth-order valence-corrected chi connectivity index (χ4v) is 2.78. The molecule has 0 unspecified atom stereocenters. The molecule has 0 spiro atoms. The number of ether oxygens (including phenoxy) is 1. The van der Waals surface area contributed by atoms with Crippen LogP contribution in [0.25, 0.3) is 6.08 Å². The number of halogens is 1. The van der Waals surface area contributed by atoms with E-state index in [0.29, 0.717) is 5.02 Å². The summed E-state index contributed by atoms with van der Waals surface area (Å²) in [6, 6.07) is 10.8. The molecule has 2 rings (SSSR count). The van der Waals surface area contributed by atoms with Crippen molar-refractivity contribution in [2.75, 3.05) is 6.61 Å².